The number of amides is 2. The summed E-state index contributed by atoms with van der Waals surface area (Å²) in [4.78, 5) is 24.5. The van der Waals surface area contributed by atoms with E-state index in [0.717, 1.165) is 17.1 Å². The lowest BCUT2D eigenvalue weighted by Crippen LogP contribution is -2.44. The number of rotatable bonds is 3. The molecule has 2 aromatic rings. The predicted octanol–water partition coefficient (Wildman–Crippen LogP) is 2.38. The van der Waals surface area contributed by atoms with E-state index in [9.17, 15) is 24.9 Å². The van der Waals surface area contributed by atoms with E-state index in [-0.39, 0.29) is 17.2 Å². The number of aromatic hydroxyl groups is 3. The molecule has 1 fully saturated rings. The minimum Gasteiger partial charge on any atom is -0.504 e. The van der Waals surface area contributed by atoms with Crippen molar-refractivity contribution in [1.29, 1.82) is 0 Å². The molecule has 0 bridgehead atoms. The zero-order valence-corrected chi connectivity index (χ0v) is 14.2. The number of benzene rings is 2. The number of hydrogen-bond donors (Lipinski definition) is 4. The maximum absolute atomic E-state index is 12.4. The van der Waals surface area contributed by atoms with Crippen LogP contribution in [0.3, 0.4) is 0 Å². The van der Waals surface area contributed by atoms with Crippen LogP contribution in [-0.4, -0.2) is 37.9 Å². The molecule has 25 heavy (non-hydrogen) atoms. The average Bonchev–Trinajstić information content (AvgIpc) is 2.93. The monoisotopic (exact) mass is 380 g/mol. The summed E-state index contributed by atoms with van der Waals surface area (Å²) in [6, 6.07) is 8.97. The molecule has 0 saturated carbocycles. The van der Waals surface area contributed by atoms with Crippen molar-refractivity contribution in [1.82, 2.24) is 10.4 Å². The van der Waals surface area contributed by atoms with Gasteiger partial charge in [-0.1, -0.05) is 29.8 Å². The molecule has 0 aliphatic carbocycles. The second kappa shape index (κ2) is 6.73. The van der Waals surface area contributed by atoms with Crippen LogP contribution in [0.1, 0.15) is 21.3 Å². The van der Waals surface area contributed by atoms with Gasteiger partial charge in [-0.05, 0) is 18.2 Å². The van der Waals surface area contributed by atoms with Crippen LogP contribution in [-0.2, 0) is 4.79 Å². The summed E-state index contributed by atoms with van der Waals surface area (Å²) in [5.41, 5.74) is 3.02. The number of phenols is 3. The third-order valence-corrected chi connectivity index (χ3v) is 5.13. The van der Waals surface area contributed by atoms with Gasteiger partial charge in [0.1, 0.15) is 5.37 Å². The number of thioether (sulfide) groups is 1. The minimum absolute atomic E-state index is 0.115. The number of phenolic OH excluding ortho intramolecular Hbond substituents is 3. The van der Waals surface area contributed by atoms with Crippen LogP contribution in [0.25, 0.3) is 0 Å². The second-order valence-electron chi connectivity index (χ2n) is 5.25. The van der Waals surface area contributed by atoms with Crippen LogP contribution < -0.4 is 5.43 Å². The molecule has 3 rings (SSSR count). The Kier molecular flexibility index (Phi) is 4.65. The van der Waals surface area contributed by atoms with Crippen LogP contribution in [0.5, 0.6) is 17.2 Å². The Bertz CT molecular complexity index is 837. The van der Waals surface area contributed by atoms with Gasteiger partial charge in [-0.2, -0.15) is 0 Å². The van der Waals surface area contributed by atoms with E-state index >= 15 is 0 Å². The summed E-state index contributed by atoms with van der Waals surface area (Å²) in [5.74, 6) is -2.88. The van der Waals surface area contributed by atoms with Crippen molar-refractivity contribution in [3.63, 3.8) is 0 Å². The standard InChI is InChI=1S/C16H13ClN2O5S/c17-10-4-2-1-3-9(10)16-19(13(22)7-25-16)18-15(24)8-5-11(20)14(23)12(21)6-8/h1-6,16,20-21,23H,7H2,(H,18,24). The molecule has 1 unspecified atom stereocenters. The molecule has 0 radical (unpaired) electrons. The fourth-order valence-corrected chi connectivity index (χ4v) is 3.81. The molecule has 1 aliphatic heterocycles. The third-order valence-electron chi connectivity index (χ3n) is 3.59. The van der Waals surface area contributed by atoms with Crippen molar-refractivity contribution < 1.29 is 24.9 Å². The van der Waals surface area contributed by atoms with Crippen LogP contribution in [0.2, 0.25) is 5.02 Å². The molecule has 1 atom stereocenters. The lowest BCUT2D eigenvalue weighted by molar-refractivity contribution is -0.130. The first kappa shape index (κ1) is 17.2. The van der Waals surface area contributed by atoms with E-state index in [1.54, 1.807) is 24.3 Å². The van der Waals surface area contributed by atoms with Gasteiger partial charge in [0.05, 0.1) is 5.75 Å². The smallest absolute Gasteiger partial charge is 0.270 e. The number of nitrogens with one attached hydrogen (secondary N) is 1. The minimum atomic E-state index is -0.724. The molecule has 2 amide bonds. The van der Waals surface area contributed by atoms with Gasteiger partial charge in [0.2, 0.25) is 0 Å². The molecule has 9 heteroatoms. The van der Waals surface area contributed by atoms with Crippen LogP contribution >= 0.6 is 23.4 Å². The van der Waals surface area contributed by atoms with Crippen molar-refractivity contribution in [3.05, 3.63) is 52.5 Å². The lowest BCUT2D eigenvalue weighted by atomic mass is 10.1. The van der Waals surface area contributed by atoms with Crippen molar-refractivity contribution in [2.75, 3.05) is 5.75 Å². The fourth-order valence-electron chi connectivity index (χ4n) is 2.36. The van der Waals surface area contributed by atoms with Gasteiger partial charge in [-0.15, -0.1) is 11.8 Å². The van der Waals surface area contributed by atoms with Gasteiger partial charge >= 0.3 is 0 Å². The SMILES string of the molecule is O=C(NN1C(=O)CSC1c1ccccc1Cl)c1cc(O)c(O)c(O)c1. The number of hydrazine groups is 1. The van der Waals surface area contributed by atoms with Gasteiger partial charge in [0, 0.05) is 16.1 Å². The van der Waals surface area contributed by atoms with Crippen molar-refractivity contribution in [2.45, 2.75) is 5.37 Å². The largest absolute Gasteiger partial charge is 0.504 e. The summed E-state index contributed by atoms with van der Waals surface area (Å²) < 4.78 is 0. The van der Waals surface area contributed by atoms with E-state index in [0.29, 0.717) is 10.6 Å². The number of carbonyl (C=O) groups is 2. The van der Waals surface area contributed by atoms with Crippen molar-refractivity contribution >= 4 is 35.2 Å². The third kappa shape index (κ3) is 3.31. The van der Waals surface area contributed by atoms with Gasteiger partial charge in [0.25, 0.3) is 11.8 Å². The van der Waals surface area contributed by atoms with Crippen LogP contribution in [0, 0.1) is 0 Å². The summed E-state index contributed by atoms with van der Waals surface area (Å²) in [5, 5.41) is 29.5. The summed E-state index contributed by atoms with van der Waals surface area (Å²) >= 11 is 7.48. The molecule has 130 valence electrons. The van der Waals surface area contributed by atoms with E-state index in [4.69, 9.17) is 11.6 Å². The fraction of sp³-hybridized carbons (Fsp3) is 0.125. The number of nitrogens with zero attached hydrogens (tertiary/aromatic N) is 1. The van der Waals surface area contributed by atoms with Crippen molar-refractivity contribution in [2.24, 2.45) is 0 Å². The maximum Gasteiger partial charge on any atom is 0.270 e. The Morgan fingerprint density at radius 2 is 1.84 bits per heavy atom. The second-order valence-corrected chi connectivity index (χ2v) is 6.73. The Balaban J connectivity index is 1.86. The number of carbonyl (C=O) groups excluding carboxylic acids is 2. The number of halogens is 1. The lowest BCUT2D eigenvalue weighted by Gasteiger charge is -2.25. The maximum atomic E-state index is 12.4. The Labute approximate surface area is 151 Å². The van der Waals surface area contributed by atoms with E-state index in [1.807, 2.05) is 0 Å². The zero-order chi connectivity index (χ0) is 18.1. The van der Waals surface area contributed by atoms with Gasteiger partial charge in [-0.3, -0.25) is 15.0 Å². The Morgan fingerprint density at radius 1 is 1.20 bits per heavy atom. The molecule has 1 heterocycles. The predicted molar refractivity (Wildman–Crippen MR) is 92.4 cm³/mol. The highest BCUT2D eigenvalue weighted by atomic mass is 35.5. The molecular formula is C16H13ClN2O5S. The Hall–Kier alpha value is -2.58. The van der Waals surface area contributed by atoms with Crippen LogP contribution in [0.4, 0.5) is 0 Å². The average molecular weight is 381 g/mol. The molecule has 2 aromatic carbocycles. The zero-order valence-electron chi connectivity index (χ0n) is 12.6. The first-order valence-corrected chi connectivity index (χ1v) is 8.55. The molecule has 1 aliphatic rings. The Morgan fingerprint density at radius 3 is 2.48 bits per heavy atom. The van der Waals surface area contributed by atoms with Gasteiger partial charge in [0.15, 0.2) is 17.2 Å². The van der Waals surface area contributed by atoms with E-state index < -0.39 is 28.5 Å². The number of hydrogen-bond acceptors (Lipinski definition) is 6. The quantitative estimate of drug-likeness (QED) is 0.608. The van der Waals surface area contributed by atoms with E-state index in [2.05, 4.69) is 5.43 Å². The van der Waals surface area contributed by atoms with E-state index in [1.165, 1.54) is 11.8 Å². The van der Waals surface area contributed by atoms with Gasteiger partial charge < -0.3 is 15.3 Å². The molecule has 0 spiro atoms. The summed E-state index contributed by atoms with van der Waals surface area (Å²) in [6.45, 7) is 0. The van der Waals surface area contributed by atoms with Crippen molar-refractivity contribution in [3.8, 4) is 17.2 Å². The van der Waals surface area contributed by atoms with Gasteiger partial charge in [-0.25, -0.2) is 5.01 Å². The van der Waals surface area contributed by atoms with Crippen LogP contribution in [0.15, 0.2) is 36.4 Å². The summed E-state index contributed by atoms with van der Waals surface area (Å²) in [7, 11) is 0. The highest BCUT2D eigenvalue weighted by molar-refractivity contribution is 8.00. The molecule has 7 nitrogen and oxygen atoms in total. The molecule has 4 N–H and O–H groups in total. The summed E-state index contributed by atoms with van der Waals surface area (Å²) in [6.07, 6.45) is 0. The highest BCUT2D eigenvalue weighted by Crippen LogP contribution is 2.40. The normalized spacial score (nSPS) is 16.9. The molecular weight excluding hydrogens is 368 g/mol. The first-order valence-electron chi connectivity index (χ1n) is 7.12. The topological polar surface area (TPSA) is 110 Å². The highest BCUT2D eigenvalue weighted by Gasteiger charge is 2.35. The first-order chi connectivity index (χ1) is 11.9. The molecule has 1 saturated heterocycles. The molecule has 0 aromatic heterocycles.